The van der Waals surface area contributed by atoms with E-state index >= 15 is 0 Å². The van der Waals surface area contributed by atoms with E-state index in [-0.39, 0.29) is 12.5 Å². The number of carbonyl (C=O) groups excluding carboxylic acids is 1. The number of amides is 1. The summed E-state index contributed by atoms with van der Waals surface area (Å²) in [6, 6.07) is 11.2. The van der Waals surface area contributed by atoms with Crippen LogP contribution in [-0.4, -0.2) is 22.8 Å². The van der Waals surface area contributed by atoms with Crippen molar-refractivity contribution < 1.29 is 14.4 Å². The number of nitrogens with zero attached hydrogens (tertiary/aromatic N) is 1. The number of hydrogen-bond donors (Lipinski definition) is 2. The molecule has 0 radical (unpaired) electrons. The number of rotatable bonds is 7. The second-order valence-electron chi connectivity index (χ2n) is 5.80. The van der Waals surface area contributed by atoms with Crippen LogP contribution in [0.5, 0.6) is 0 Å². The molecule has 116 valence electrons. The van der Waals surface area contributed by atoms with E-state index in [1.54, 1.807) is 0 Å². The van der Waals surface area contributed by atoms with Gasteiger partial charge in [0, 0.05) is 12.5 Å². The minimum atomic E-state index is -0.556. The number of hydrogen-bond acceptors (Lipinski definition) is 4. The molecule has 1 aromatic carbocycles. The van der Waals surface area contributed by atoms with Gasteiger partial charge in [-0.2, -0.15) is 0 Å². The Morgan fingerprint density at radius 1 is 1.36 bits per heavy atom. The lowest BCUT2D eigenvalue weighted by molar-refractivity contribution is -0.123. The summed E-state index contributed by atoms with van der Waals surface area (Å²) < 4.78 is 5.27. The number of aliphatic hydroxyl groups is 1. The molecular formula is C17H20N2O3. The van der Waals surface area contributed by atoms with E-state index in [0.717, 1.165) is 23.7 Å². The first-order valence-electron chi connectivity index (χ1n) is 7.64. The number of nitrogens with one attached hydrogen (secondary N) is 1. The van der Waals surface area contributed by atoms with Gasteiger partial charge in [0.15, 0.2) is 0 Å². The molecule has 0 bridgehead atoms. The van der Waals surface area contributed by atoms with Crippen LogP contribution in [0.15, 0.2) is 40.9 Å². The molecule has 0 spiro atoms. The van der Waals surface area contributed by atoms with Crippen molar-refractivity contribution in [3.05, 3.63) is 53.4 Å². The maximum atomic E-state index is 12.2. The second-order valence-corrected chi connectivity index (χ2v) is 5.80. The Bertz CT molecular complexity index is 620. The fourth-order valence-corrected chi connectivity index (χ4v) is 2.47. The molecule has 1 fully saturated rings. The molecule has 1 atom stereocenters. The fraction of sp³-hybridized carbons (Fsp3) is 0.412. The van der Waals surface area contributed by atoms with E-state index in [0.29, 0.717) is 12.2 Å². The molecule has 1 aliphatic carbocycles. The molecule has 2 aromatic rings. The van der Waals surface area contributed by atoms with Crippen LogP contribution in [-0.2, 0) is 17.8 Å². The molecule has 1 unspecified atom stereocenters. The standard InChI is InChI=1S/C17H20N2O3/c20-11-16(13-4-2-1-3-5-13)17(21)18-10-14-9-15(22-19-14)8-12-6-7-12/h1-5,9,12,16,20H,6-8,10-11H2,(H,18,21). The molecule has 1 amide bonds. The lowest BCUT2D eigenvalue weighted by atomic mass is 9.99. The van der Waals surface area contributed by atoms with E-state index in [2.05, 4.69) is 10.5 Å². The molecule has 0 aliphatic heterocycles. The van der Waals surface area contributed by atoms with Crippen molar-refractivity contribution in [1.82, 2.24) is 10.5 Å². The van der Waals surface area contributed by atoms with Gasteiger partial charge in [0.25, 0.3) is 0 Å². The van der Waals surface area contributed by atoms with Crippen molar-refractivity contribution in [3.63, 3.8) is 0 Å². The fourth-order valence-electron chi connectivity index (χ4n) is 2.47. The van der Waals surface area contributed by atoms with Crippen LogP contribution in [0.2, 0.25) is 0 Å². The van der Waals surface area contributed by atoms with Crippen LogP contribution in [0.4, 0.5) is 0 Å². The SMILES string of the molecule is O=C(NCc1cc(CC2CC2)on1)C(CO)c1ccccc1. The summed E-state index contributed by atoms with van der Waals surface area (Å²) in [7, 11) is 0. The Morgan fingerprint density at radius 2 is 2.14 bits per heavy atom. The van der Waals surface area contributed by atoms with Crippen LogP contribution >= 0.6 is 0 Å². The van der Waals surface area contributed by atoms with Crippen LogP contribution in [0, 0.1) is 5.92 Å². The van der Waals surface area contributed by atoms with Crippen LogP contribution in [0.1, 0.15) is 35.8 Å². The zero-order valence-electron chi connectivity index (χ0n) is 12.4. The molecule has 1 aromatic heterocycles. The second kappa shape index (κ2) is 6.75. The van der Waals surface area contributed by atoms with Gasteiger partial charge in [0.1, 0.15) is 11.5 Å². The molecule has 2 N–H and O–H groups in total. The Labute approximate surface area is 129 Å². The van der Waals surface area contributed by atoms with Gasteiger partial charge >= 0.3 is 0 Å². The highest BCUT2D eigenvalue weighted by atomic mass is 16.5. The highest BCUT2D eigenvalue weighted by Crippen LogP contribution is 2.32. The normalized spacial score (nSPS) is 15.5. The summed E-state index contributed by atoms with van der Waals surface area (Å²) >= 11 is 0. The van der Waals surface area contributed by atoms with Crippen molar-refractivity contribution in [3.8, 4) is 0 Å². The van der Waals surface area contributed by atoms with Gasteiger partial charge in [-0.25, -0.2) is 0 Å². The quantitative estimate of drug-likeness (QED) is 0.820. The minimum absolute atomic E-state index is 0.208. The van der Waals surface area contributed by atoms with Crippen molar-refractivity contribution in [1.29, 1.82) is 0 Å². The van der Waals surface area contributed by atoms with Gasteiger partial charge in [0.05, 0.1) is 19.1 Å². The number of aromatic nitrogens is 1. The molecule has 22 heavy (non-hydrogen) atoms. The average molecular weight is 300 g/mol. The Kier molecular flexibility index (Phi) is 4.53. The van der Waals surface area contributed by atoms with Crippen LogP contribution < -0.4 is 5.32 Å². The van der Waals surface area contributed by atoms with Crippen LogP contribution in [0.3, 0.4) is 0 Å². The topological polar surface area (TPSA) is 75.4 Å². The molecule has 1 heterocycles. The first-order valence-corrected chi connectivity index (χ1v) is 7.64. The van der Waals surface area contributed by atoms with Gasteiger partial charge in [-0.15, -0.1) is 0 Å². The van der Waals surface area contributed by atoms with Crippen molar-refractivity contribution >= 4 is 5.91 Å². The molecule has 0 saturated heterocycles. The smallest absolute Gasteiger partial charge is 0.230 e. The maximum absolute atomic E-state index is 12.2. The first-order chi connectivity index (χ1) is 10.8. The predicted octanol–water partition coefficient (Wildman–Crippen LogP) is 2.02. The summed E-state index contributed by atoms with van der Waals surface area (Å²) in [5.41, 5.74) is 1.52. The summed E-state index contributed by atoms with van der Waals surface area (Å²) in [6.45, 7) is 0.0952. The lowest BCUT2D eigenvalue weighted by Crippen LogP contribution is -2.30. The molecule has 3 rings (SSSR count). The van der Waals surface area contributed by atoms with Gasteiger partial charge in [-0.05, 0) is 24.3 Å². The van der Waals surface area contributed by atoms with Gasteiger partial charge in [-0.3, -0.25) is 4.79 Å². The third kappa shape index (κ3) is 3.74. The highest BCUT2D eigenvalue weighted by Gasteiger charge is 2.24. The largest absolute Gasteiger partial charge is 0.395 e. The molecule has 5 heteroatoms. The van der Waals surface area contributed by atoms with Crippen LogP contribution in [0.25, 0.3) is 0 Å². The van der Waals surface area contributed by atoms with Gasteiger partial charge in [-0.1, -0.05) is 35.5 Å². The summed E-state index contributed by atoms with van der Waals surface area (Å²) in [4.78, 5) is 12.2. The van der Waals surface area contributed by atoms with Crippen molar-refractivity contribution in [2.45, 2.75) is 31.7 Å². The minimum Gasteiger partial charge on any atom is -0.395 e. The summed E-state index contributed by atoms with van der Waals surface area (Å²) in [5.74, 6) is 0.861. The zero-order valence-corrected chi connectivity index (χ0v) is 12.4. The van der Waals surface area contributed by atoms with E-state index < -0.39 is 5.92 Å². The van der Waals surface area contributed by atoms with E-state index in [1.165, 1.54) is 12.8 Å². The third-order valence-electron chi connectivity index (χ3n) is 3.94. The summed E-state index contributed by atoms with van der Waals surface area (Å²) in [6.07, 6.45) is 3.47. The summed E-state index contributed by atoms with van der Waals surface area (Å²) in [5, 5.41) is 16.2. The van der Waals surface area contributed by atoms with E-state index in [9.17, 15) is 9.90 Å². The molecule has 1 saturated carbocycles. The highest BCUT2D eigenvalue weighted by molar-refractivity contribution is 5.83. The van der Waals surface area contributed by atoms with Gasteiger partial charge < -0.3 is 14.9 Å². The maximum Gasteiger partial charge on any atom is 0.230 e. The number of benzene rings is 1. The number of carbonyl (C=O) groups is 1. The molecule has 5 nitrogen and oxygen atoms in total. The van der Waals surface area contributed by atoms with E-state index in [4.69, 9.17) is 4.52 Å². The Morgan fingerprint density at radius 3 is 2.82 bits per heavy atom. The predicted molar refractivity (Wildman–Crippen MR) is 81.0 cm³/mol. The van der Waals surface area contributed by atoms with Crippen molar-refractivity contribution in [2.75, 3.05) is 6.61 Å². The third-order valence-corrected chi connectivity index (χ3v) is 3.94. The van der Waals surface area contributed by atoms with Crippen molar-refractivity contribution in [2.24, 2.45) is 5.92 Å². The zero-order chi connectivity index (χ0) is 15.4. The molecule has 1 aliphatic rings. The Hall–Kier alpha value is -2.14. The van der Waals surface area contributed by atoms with E-state index in [1.807, 2.05) is 36.4 Å². The first kappa shape index (κ1) is 14.8. The monoisotopic (exact) mass is 300 g/mol. The lowest BCUT2D eigenvalue weighted by Gasteiger charge is -2.13. The number of aliphatic hydroxyl groups excluding tert-OH is 1. The molecular weight excluding hydrogens is 280 g/mol. The van der Waals surface area contributed by atoms with Gasteiger partial charge in [0.2, 0.25) is 5.91 Å². The Balaban J connectivity index is 1.55. The average Bonchev–Trinajstić information content (AvgIpc) is 3.24.